The van der Waals surface area contributed by atoms with Crippen LogP contribution < -0.4 is 42.2 Å². The van der Waals surface area contributed by atoms with E-state index in [0.29, 0.717) is 89.0 Å². The van der Waals surface area contributed by atoms with Crippen LogP contribution in [0.25, 0.3) is 0 Å². The van der Waals surface area contributed by atoms with Gasteiger partial charge in [0.15, 0.2) is 0 Å². The minimum atomic E-state index is -1.09. The predicted octanol–water partition coefficient (Wildman–Crippen LogP) is 3.27. The van der Waals surface area contributed by atoms with E-state index in [1.807, 2.05) is 109 Å². The Kier molecular flexibility index (Phi) is 28.2. The van der Waals surface area contributed by atoms with Crippen LogP contribution in [0, 0.1) is 23.7 Å². The van der Waals surface area contributed by atoms with E-state index >= 15 is 0 Å². The Balaban J connectivity index is 1.09. The smallest absolute Gasteiger partial charge is 0.248 e. The molecular formula is C68H92N10O10. The van der Waals surface area contributed by atoms with Crippen LogP contribution in [0.5, 0.6) is 11.5 Å². The van der Waals surface area contributed by atoms with Gasteiger partial charge in [0.25, 0.3) is 0 Å². The summed E-state index contributed by atoms with van der Waals surface area (Å²) in [6.45, 7) is 8.68. The molecule has 4 aromatic carbocycles. The molecule has 0 aromatic heterocycles. The largest absolute Gasteiger partial charge is 0.497 e. The van der Waals surface area contributed by atoms with Gasteiger partial charge < -0.3 is 71.3 Å². The summed E-state index contributed by atoms with van der Waals surface area (Å²) < 4.78 is 22.9. The average Bonchev–Trinajstić information content (AvgIpc) is 4.15. The Morgan fingerprint density at radius 2 is 0.909 bits per heavy atom. The Labute approximate surface area is 520 Å². The number of rotatable bonds is 32. The summed E-state index contributed by atoms with van der Waals surface area (Å²) in [5, 5.41) is 11.7. The zero-order valence-corrected chi connectivity index (χ0v) is 52.5. The molecule has 0 saturated carbocycles. The third kappa shape index (κ3) is 20.9. The van der Waals surface area contributed by atoms with Crippen LogP contribution in [-0.4, -0.2) is 196 Å². The molecule has 2 fully saturated rings. The summed E-state index contributed by atoms with van der Waals surface area (Å²) in [5.74, 6) is 10.8. The van der Waals surface area contributed by atoms with Crippen molar-refractivity contribution in [1.82, 2.24) is 40.9 Å². The number of benzene rings is 4. The lowest BCUT2D eigenvalue weighted by Crippen LogP contribution is -2.59. The molecule has 20 nitrogen and oxygen atoms in total. The number of nitrogens with two attached hydrogens (primary N) is 2. The SMILES string of the molecule is CN[C@@H](C)C(=O)N[C@H](C(=O)N1CCC[C@H]1CN(CCc1ccccc1)C(=O)[C@H](N)Cc1ccc(OC)cc1)[C@@H](C)OCC#CC#CCO[C@H](C)[C@H](NC(=O)[C@H](C)NC)C(=O)N1CCC[C@H]1CN(CCc1ccccc1)C(=O)[C@H](N)Cc1ccc(OC)cc1. The molecule has 0 unspecified atom stereocenters. The summed E-state index contributed by atoms with van der Waals surface area (Å²) in [4.78, 5) is 91.8. The van der Waals surface area contributed by atoms with Crippen molar-refractivity contribution in [3.63, 3.8) is 0 Å². The van der Waals surface area contributed by atoms with E-state index in [1.54, 1.807) is 75.6 Å². The van der Waals surface area contributed by atoms with Gasteiger partial charge in [0.2, 0.25) is 35.4 Å². The van der Waals surface area contributed by atoms with Crippen LogP contribution >= 0.6 is 0 Å². The highest BCUT2D eigenvalue weighted by molar-refractivity contribution is 5.91. The number of hydrogen-bond donors (Lipinski definition) is 6. The average molecular weight is 1210 g/mol. The number of nitrogens with one attached hydrogen (secondary N) is 4. The molecule has 88 heavy (non-hydrogen) atoms. The van der Waals surface area contributed by atoms with Crippen molar-refractivity contribution in [1.29, 1.82) is 0 Å². The highest BCUT2D eigenvalue weighted by atomic mass is 16.5. The quantitative estimate of drug-likeness (QED) is 0.0384. The van der Waals surface area contributed by atoms with Crippen LogP contribution in [0.1, 0.15) is 75.6 Å². The van der Waals surface area contributed by atoms with Crippen molar-refractivity contribution < 1.29 is 47.7 Å². The Bertz CT molecular complexity index is 2790. The first kappa shape index (κ1) is 69.3. The van der Waals surface area contributed by atoms with E-state index in [4.69, 9.17) is 30.4 Å². The molecule has 0 radical (unpaired) electrons. The Morgan fingerprint density at radius 1 is 0.545 bits per heavy atom. The number of carbonyl (C=O) groups is 6. The number of amides is 6. The zero-order valence-electron chi connectivity index (χ0n) is 52.5. The zero-order chi connectivity index (χ0) is 63.5. The first-order valence-corrected chi connectivity index (χ1v) is 30.6. The van der Waals surface area contributed by atoms with Crippen molar-refractivity contribution in [2.24, 2.45) is 11.5 Å². The van der Waals surface area contributed by atoms with Crippen LogP contribution in [-0.2, 0) is 63.9 Å². The maximum Gasteiger partial charge on any atom is 0.248 e. The molecule has 6 rings (SSSR count). The monoisotopic (exact) mass is 1210 g/mol. The minimum absolute atomic E-state index is 0.126. The van der Waals surface area contributed by atoms with Crippen molar-refractivity contribution in [3.05, 3.63) is 131 Å². The highest BCUT2D eigenvalue weighted by Gasteiger charge is 2.41. The molecule has 2 saturated heterocycles. The molecule has 8 N–H and O–H groups in total. The fraction of sp³-hybridized carbons (Fsp3) is 0.500. The van der Waals surface area contributed by atoms with E-state index in [9.17, 15) is 28.8 Å². The normalized spacial score (nSPS) is 17.2. The summed E-state index contributed by atoms with van der Waals surface area (Å²) in [5.41, 5.74) is 17.2. The van der Waals surface area contributed by atoms with Gasteiger partial charge in [-0.25, -0.2) is 0 Å². The second-order valence-corrected chi connectivity index (χ2v) is 22.6. The summed E-state index contributed by atoms with van der Waals surface area (Å²) in [6.07, 6.45) is 2.86. The number of likely N-dealkylation sites (tertiary alicyclic amines) is 2. The number of likely N-dealkylation sites (N-methyl/N-ethyl adjacent to an activating group) is 2. The molecule has 6 amide bonds. The van der Waals surface area contributed by atoms with Gasteiger partial charge in [0.1, 0.15) is 36.8 Å². The van der Waals surface area contributed by atoms with Crippen molar-refractivity contribution in [2.75, 3.05) is 80.8 Å². The highest BCUT2D eigenvalue weighted by Crippen LogP contribution is 2.25. The first-order valence-electron chi connectivity index (χ1n) is 30.6. The number of nitrogens with zero attached hydrogens (tertiary/aromatic N) is 4. The number of hydrogen-bond acceptors (Lipinski definition) is 14. The van der Waals surface area contributed by atoms with E-state index in [0.717, 1.165) is 22.3 Å². The van der Waals surface area contributed by atoms with E-state index < -0.39 is 60.3 Å². The third-order valence-electron chi connectivity index (χ3n) is 16.5. The number of carbonyl (C=O) groups excluding carboxylic acids is 6. The van der Waals surface area contributed by atoms with Gasteiger partial charge in [-0.2, -0.15) is 0 Å². The molecule has 0 bridgehead atoms. The molecule has 20 heteroatoms. The van der Waals surface area contributed by atoms with Gasteiger partial charge in [0, 0.05) is 51.4 Å². The molecule has 2 aliphatic rings. The Morgan fingerprint density at radius 3 is 1.25 bits per heavy atom. The van der Waals surface area contributed by atoms with Crippen LogP contribution in [0.4, 0.5) is 0 Å². The second kappa shape index (κ2) is 35.9. The molecule has 4 aromatic rings. The summed E-state index contributed by atoms with van der Waals surface area (Å²) >= 11 is 0. The summed E-state index contributed by atoms with van der Waals surface area (Å²) in [6, 6.07) is 29.0. The molecule has 474 valence electrons. The van der Waals surface area contributed by atoms with Gasteiger partial charge in [-0.3, -0.25) is 28.8 Å². The van der Waals surface area contributed by atoms with Crippen molar-refractivity contribution in [2.45, 2.75) is 140 Å². The lowest BCUT2D eigenvalue weighted by molar-refractivity contribution is -0.143. The molecular weight excluding hydrogens is 1120 g/mol. The van der Waals surface area contributed by atoms with Crippen molar-refractivity contribution >= 4 is 35.4 Å². The number of methoxy groups -OCH3 is 2. The topological polar surface area (TPSA) is 252 Å². The van der Waals surface area contributed by atoms with Crippen LogP contribution in [0.15, 0.2) is 109 Å². The second-order valence-electron chi connectivity index (χ2n) is 22.6. The summed E-state index contributed by atoms with van der Waals surface area (Å²) in [7, 11) is 6.51. The lowest BCUT2D eigenvalue weighted by atomic mass is 10.0. The van der Waals surface area contributed by atoms with Crippen LogP contribution in [0.3, 0.4) is 0 Å². The van der Waals surface area contributed by atoms with Gasteiger partial charge in [0.05, 0.1) is 50.6 Å². The van der Waals surface area contributed by atoms with E-state index in [2.05, 4.69) is 44.9 Å². The lowest BCUT2D eigenvalue weighted by Gasteiger charge is -2.35. The molecule has 2 heterocycles. The molecule has 0 spiro atoms. The third-order valence-corrected chi connectivity index (χ3v) is 16.5. The fourth-order valence-corrected chi connectivity index (χ4v) is 10.9. The van der Waals surface area contributed by atoms with Crippen molar-refractivity contribution in [3.8, 4) is 35.2 Å². The van der Waals surface area contributed by atoms with E-state index in [-0.39, 0.29) is 62.0 Å². The Hall–Kier alpha value is -7.82. The van der Waals surface area contributed by atoms with Gasteiger partial charge in [-0.15, -0.1) is 0 Å². The van der Waals surface area contributed by atoms with Gasteiger partial charge >= 0.3 is 0 Å². The fourth-order valence-electron chi connectivity index (χ4n) is 10.9. The maximum atomic E-state index is 14.7. The van der Waals surface area contributed by atoms with Crippen LogP contribution in [0.2, 0.25) is 0 Å². The minimum Gasteiger partial charge on any atom is -0.497 e. The standard InChI is InChI=1S/C68H92N10O10/c1-47(71-5)63(79)73-61(67(83)77-37-19-25-55(77)45-75(39-35-51-21-13-11-14-22-51)65(81)59(69)43-53-27-31-57(85-7)32-28-53)49(3)87-41-17-9-10-18-42-88-50(4)62(74-64(80)48(2)72-6)68(84)78-38-20-26-56(78)46-76(40-36-52-23-15-12-16-24-52)66(82)60(70)44-54-29-33-58(86-8)34-30-54/h11-16,21-24,27-34,47-50,55-56,59-62,71-72H,19-20,25-26,35-46,69-70H2,1-8H3,(H,73,79)(H,74,80)/t47-,48-,49+,50+,55-,56-,59+,60+,61-,62-/m0/s1. The first-order chi connectivity index (χ1) is 42.4. The number of ether oxygens (including phenoxy) is 4. The van der Waals surface area contributed by atoms with E-state index in [1.165, 1.54) is 0 Å². The molecule has 0 aliphatic carbocycles. The van der Waals surface area contributed by atoms with Gasteiger partial charge in [-0.1, -0.05) is 96.8 Å². The van der Waals surface area contributed by atoms with Gasteiger partial charge in [-0.05, 0) is 152 Å². The molecule has 10 atom stereocenters. The predicted molar refractivity (Wildman–Crippen MR) is 340 cm³/mol. The maximum absolute atomic E-state index is 14.7. The molecule has 2 aliphatic heterocycles.